The molecule has 14 heteroatoms. The number of allylic oxidation sites excluding steroid dienone is 2. The van der Waals surface area contributed by atoms with Crippen molar-refractivity contribution in [3.8, 4) is 0 Å². The first kappa shape index (κ1) is 36.0. The van der Waals surface area contributed by atoms with Gasteiger partial charge in [0, 0.05) is 37.5 Å². The Labute approximate surface area is 278 Å². The van der Waals surface area contributed by atoms with Crippen LogP contribution < -0.4 is 10.6 Å². The molecule has 0 aliphatic carbocycles. The van der Waals surface area contributed by atoms with Crippen LogP contribution in [0.2, 0.25) is 0 Å². The Morgan fingerprint density at radius 3 is 2.88 bits per heavy atom. The third kappa shape index (κ3) is 10.6. The first-order valence-corrected chi connectivity index (χ1v) is 15.9. The Hall–Kier alpha value is -4.85. The number of cyclic esters (lactones) is 1. The van der Waals surface area contributed by atoms with Crippen molar-refractivity contribution in [3.05, 3.63) is 78.3 Å². The normalized spacial score (nSPS) is 26.0. The second-order valence-corrected chi connectivity index (χ2v) is 12.0. The number of rotatable bonds is 4. The lowest BCUT2D eigenvalue weighted by Crippen LogP contribution is -2.44. The van der Waals surface area contributed by atoms with Crippen LogP contribution in [0.25, 0.3) is 0 Å². The number of amides is 3. The largest absolute Gasteiger partial charge is 0.460 e. The van der Waals surface area contributed by atoms with Crippen LogP contribution in [0.1, 0.15) is 56.4 Å². The number of oxazole rings is 1. The summed E-state index contributed by atoms with van der Waals surface area (Å²) in [6, 6.07) is 2.39. The van der Waals surface area contributed by atoms with Crippen LogP contribution in [-0.2, 0) is 25.5 Å². The zero-order valence-electron chi connectivity index (χ0n) is 27.2. The second-order valence-electron chi connectivity index (χ2n) is 12.0. The van der Waals surface area contributed by atoms with Crippen molar-refractivity contribution in [1.82, 2.24) is 20.2 Å². The first-order chi connectivity index (χ1) is 23.0. The lowest BCUT2D eigenvalue weighted by atomic mass is 9.93. The van der Waals surface area contributed by atoms with Gasteiger partial charge >= 0.3 is 12.1 Å². The number of alkyl halides is 1. The zero-order valence-corrected chi connectivity index (χ0v) is 27.2. The smallest absolute Gasteiger partial charge is 0.411 e. The van der Waals surface area contributed by atoms with Gasteiger partial charge in [0.05, 0.1) is 31.0 Å². The highest BCUT2D eigenvalue weighted by Crippen LogP contribution is 2.26. The van der Waals surface area contributed by atoms with Crippen LogP contribution in [0, 0.1) is 11.8 Å². The van der Waals surface area contributed by atoms with Crippen molar-refractivity contribution in [2.75, 3.05) is 25.0 Å². The number of carbonyl (C=O) groups is 4. The summed E-state index contributed by atoms with van der Waals surface area (Å²) in [5.74, 6) is -2.63. The number of ether oxygens (including phenoxy) is 2. The van der Waals surface area contributed by atoms with Crippen molar-refractivity contribution >= 4 is 29.6 Å². The van der Waals surface area contributed by atoms with Gasteiger partial charge in [0.2, 0.25) is 5.91 Å². The minimum Gasteiger partial charge on any atom is -0.460 e. The van der Waals surface area contributed by atoms with Crippen molar-refractivity contribution in [2.45, 2.75) is 70.9 Å². The Bertz CT molecular complexity index is 1510. The number of hydrogen-bond acceptors (Lipinski definition) is 10. The van der Waals surface area contributed by atoms with Crippen LogP contribution >= 0.6 is 0 Å². The fraction of sp³-hybridized carbons (Fsp3) is 0.471. The zero-order chi connectivity index (χ0) is 34.6. The highest BCUT2D eigenvalue weighted by molar-refractivity contribution is 5.95. The molecule has 0 spiro atoms. The summed E-state index contributed by atoms with van der Waals surface area (Å²) in [5, 5.41) is 15.6. The molecule has 0 radical (unpaired) electrons. The van der Waals surface area contributed by atoms with Gasteiger partial charge in [-0.15, -0.1) is 0 Å². The molecule has 6 unspecified atom stereocenters. The molecule has 0 aromatic carbocycles. The molecule has 0 saturated carbocycles. The van der Waals surface area contributed by atoms with E-state index >= 15 is 0 Å². The molecule has 6 atom stereocenters. The molecule has 2 aromatic rings. The molecule has 4 heterocycles. The van der Waals surface area contributed by atoms with E-state index in [1.807, 2.05) is 0 Å². The van der Waals surface area contributed by atoms with E-state index < -0.39 is 60.1 Å². The second kappa shape index (κ2) is 17.3. The predicted molar refractivity (Wildman–Crippen MR) is 172 cm³/mol. The van der Waals surface area contributed by atoms with Crippen LogP contribution in [0.4, 0.5) is 14.9 Å². The molecule has 2 aliphatic rings. The lowest BCUT2D eigenvalue weighted by Gasteiger charge is -2.30. The Balaban J connectivity index is 1.54. The summed E-state index contributed by atoms with van der Waals surface area (Å²) in [5.41, 5.74) is 1.05. The van der Waals surface area contributed by atoms with Crippen LogP contribution in [0.15, 0.2) is 71.2 Å². The fourth-order valence-corrected chi connectivity index (χ4v) is 5.53. The Morgan fingerprint density at radius 1 is 1.29 bits per heavy atom. The van der Waals surface area contributed by atoms with E-state index in [1.165, 1.54) is 23.2 Å². The maximum Gasteiger partial charge on any atom is 0.411 e. The predicted octanol–water partition coefficient (Wildman–Crippen LogP) is 3.93. The van der Waals surface area contributed by atoms with Gasteiger partial charge in [-0.3, -0.25) is 19.9 Å². The number of aromatic nitrogens is 2. The van der Waals surface area contributed by atoms with Gasteiger partial charge in [-0.05, 0) is 38.0 Å². The number of esters is 1. The maximum absolute atomic E-state index is 14.8. The molecule has 2 aliphatic heterocycles. The quantitative estimate of drug-likeness (QED) is 0.406. The van der Waals surface area contributed by atoms with Crippen LogP contribution in [-0.4, -0.2) is 88.0 Å². The van der Waals surface area contributed by atoms with Crippen LogP contribution in [0.3, 0.4) is 0 Å². The van der Waals surface area contributed by atoms with E-state index in [2.05, 4.69) is 20.6 Å². The number of aliphatic hydroxyl groups excluding tert-OH is 1. The van der Waals surface area contributed by atoms with E-state index in [0.29, 0.717) is 24.1 Å². The molecule has 258 valence electrons. The number of nitrogens with zero attached hydrogens (tertiary/aromatic N) is 3. The average Bonchev–Trinajstić information content (AvgIpc) is 3.73. The summed E-state index contributed by atoms with van der Waals surface area (Å²) in [6.45, 7) is 5.59. The number of carbonyl (C=O) groups excluding carboxylic acids is 4. The minimum absolute atomic E-state index is 0.00633. The minimum atomic E-state index is -1.50. The van der Waals surface area contributed by atoms with E-state index in [9.17, 15) is 28.7 Å². The number of fused-ring (bicyclic) bond motifs is 3. The van der Waals surface area contributed by atoms with Gasteiger partial charge in [-0.1, -0.05) is 43.7 Å². The number of aliphatic hydroxyl groups is 1. The lowest BCUT2D eigenvalue weighted by molar-refractivity contribution is -0.159. The van der Waals surface area contributed by atoms with Crippen molar-refractivity contribution in [1.29, 1.82) is 0 Å². The van der Waals surface area contributed by atoms with E-state index in [-0.39, 0.29) is 44.1 Å². The van der Waals surface area contributed by atoms with Gasteiger partial charge in [-0.2, -0.15) is 0 Å². The number of halogens is 1. The highest BCUT2D eigenvalue weighted by atomic mass is 19.1. The summed E-state index contributed by atoms with van der Waals surface area (Å²) in [6.07, 6.45) is 8.27. The summed E-state index contributed by atoms with van der Waals surface area (Å²) >= 11 is 0. The van der Waals surface area contributed by atoms with E-state index in [1.54, 1.807) is 57.3 Å². The number of hydrogen-bond donors (Lipinski definition) is 3. The molecule has 3 N–H and O–H groups in total. The monoisotopic (exact) mass is 667 g/mol. The van der Waals surface area contributed by atoms with Crippen LogP contribution in [0.5, 0.6) is 0 Å². The molecule has 2 aromatic heterocycles. The van der Waals surface area contributed by atoms with Gasteiger partial charge in [0.15, 0.2) is 11.6 Å². The average molecular weight is 668 g/mol. The maximum atomic E-state index is 14.8. The molecular weight excluding hydrogens is 625 g/mol. The Kier molecular flexibility index (Phi) is 13.0. The van der Waals surface area contributed by atoms with Gasteiger partial charge in [0.1, 0.15) is 24.6 Å². The first-order valence-electron chi connectivity index (χ1n) is 15.9. The SMILES string of the molecule is CC1=CC(O)CC(F)Cc2nc(co2)C(=O)N2CCCC2C(=O)OC(C(C)COC(=O)Nc2cccnc2)C(C)/C=C/C(=O)NCC=C1. The van der Waals surface area contributed by atoms with Gasteiger partial charge in [-0.25, -0.2) is 19.0 Å². The summed E-state index contributed by atoms with van der Waals surface area (Å²) in [4.78, 5) is 61.5. The van der Waals surface area contributed by atoms with Gasteiger partial charge in [0.25, 0.3) is 5.91 Å². The van der Waals surface area contributed by atoms with Crippen molar-refractivity contribution in [3.63, 3.8) is 0 Å². The standard InChI is InChI=1S/C34H42FN5O8/c1-21-7-4-13-37-29(42)11-10-22(2)31(23(3)19-47-34(45)38-25-8-5-12-36-18-25)48-33(44)28-9-6-14-40(28)32(43)27-20-46-30(39-27)17-24(35)16-26(41)15-21/h4-5,7-8,10-12,15,18,20,22-24,26,28,31,41H,6,9,13-14,16-17,19H2,1-3H3,(H,37,42)(H,38,45)/b7-4?,11-10+,21-15?. The van der Waals surface area contributed by atoms with E-state index in [4.69, 9.17) is 13.9 Å². The number of pyridine rings is 1. The molecule has 2 bridgehead atoms. The highest BCUT2D eigenvalue weighted by Gasteiger charge is 2.39. The molecule has 3 amide bonds. The van der Waals surface area contributed by atoms with E-state index in [0.717, 1.165) is 6.26 Å². The molecule has 13 nitrogen and oxygen atoms in total. The number of nitrogens with one attached hydrogen (secondary N) is 2. The third-order valence-corrected chi connectivity index (χ3v) is 7.95. The third-order valence-electron chi connectivity index (χ3n) is 7.95. The van der Waals surface area contributed by atoms with Gasteiger partial charge < -0.3 is 29.2 Å². The molecule has 4 rings (SSSR count). The number of anilines is 1. The molecule has 48 heavy (non-hydrogen) atoms. The van der Waals surface area contributed by atoms with Crippen molar-refractivity contribution in [2.24, 2.45) is 11.8 Å². The molecule has 1 fully saturated rings. The fourth-order valence-electron chi connectivity index (χ4n) is 5.53. The topological polar surface area (TPSA) is 173 Å². The molecular formula is C34H42FN5O8. The Morgan fingerprint density at radius 2 is 2.10 bits per heavy atom. The van der Waals surface area contributed by atoms with Crippen molar-refractivity contribution < 1.29 is 42.6 Å². The molecule has 1 saturated heterocycles. The summed E-state index contributed by atoms with van der Waals surface area (Å²) < 4.78 is 31.6. The summed E-state index contributed by atoms with van der Waals surface area (Å²) in [7, 11) is 0.